The predicted molar refractivity (Wildman–Crippen MR) is 160 cm³/mol. The Morgan fingerprint density at radius 2 is 1.59 bits per heavy atom. The SMILES string of the molecule is C/C=C/C=C/c1cc2c(I)c3c(c(O)c2c(=O)[nH]1)[C@@]1(CC3)C(O)=c2c(=O)c3c(=O)cc(OC)c(=O)c=3c(=O)c2=C1O. The minimum atomic E-state index is -1.95. The molecule has 0 fully saturated rings. The fourth-order valence-corrected chi connectivity index (χ4v) is 7.14. The number of aromatic hydroxyl groups is 1. The quantitative estimate of drug-likeness (QED) is 0.182. The highest BCUT2D eigenvalue weighted by molar-refractivity contribution is 14.1. The van der Waals surface area contributed by atoms with E-state index in [1.807, 2.05) is 35.6 Å². The number of rotatable bonds is 3. The monoisotopic (exact) mass is 665 g/mol. The number of nitrogens with one attached hydrogen (secondary N) is 1. The van der Waals surface area contributed by atoms with Gasteiger partial charge in [-0.3, -0.25) is 24.0 Å². The number of phenols is 1. The number of H-pyrrole nitrogens is 1. The molecule has 2 aromatic rings. The van der Waals surface area contributed by atoms with Crippen LogP contribution in [0.1, 0.15) is 30.2 Å². The number of benzene rings is 1. The van der Waals surface area contributed by atoms with E-state index < -0.39 is 76.6 Å². The Hall–Kier alpha value is -4.52. The Kier molecular flexibility index (Phi) is 5.86. The summed E-state index contributed by atoms with van der Waals surface area (Å²) in [7, 11) is 1.13. The molecule has 1 aromatic heterocycles. The molecule has 0 bridgehead atoms. The largest absolute Gasteiger partial charge is 0.510 e. The lowest BCUT2D eigenvalue weighted by atomic mass is 9.78. The van der Waals surface area contributed by atoms with Crippen molar-refractivity contribution >= 4 is 51.0 Å². The van der Waals surface area contributed by atoms with Crippen LogP contribution in [0.25, 0.3) is 28.4 Å². The maximum Gasteiger partial charge on any atom is 0.260 e. The summed E-state index contributed by atoms with van der Waals surface area (Å²) in [5.74, 6) is -2.44. The number of hydrogen-bond acceptors (Lipinski definition) is 9. The lowest BCUT2D eigenvalue weighted by Gasteiger charge is -2.27. The van der Waals surface area contributed by atoms with Gasteiger partial charge in [0.2, 0.25) is 16.3 Å². The number of aromatic nitrogens is 1. The smallest absolute Gasteiger partial charge is 0.260 e. The van der Waals surface area contributed by atoms with Crippen LogP contribution in [-0.2, 0) is 11.8 Å². The first-order chi connectivity index (χ1) is 19.5. The van der Waals surface area contributed by atoms with Gasteiger partial charge in [0, 0.05) is 26.3 Å². The van der Waals surface area contributed by atoms with E-state index in [-0.39, 0.29) is 23.8 Å². The molecule has 41 heavy (non-hydrogen) atoms. The molecule has 11 heteroatoms. The van der Waals surface area contributed by atoms with Crippen molar-refractivity contribution in [1.29, 1.82) is 0 Å². The van der Waals surface area contributed by atoms with Gasteiger partial charge in [0.1, 0.15) is 22.7 Å². The van der Waals surface area contributed by atoms with E-state index in [4.69, 9.17) is 4.74 Å². The molecule has 0 saturated carbocycles. The minimum absolute atomic E-state index is 0.0200. The molecular formula is C30H20INO9. The minimum Gasteiger partial charge on any atom is -0.510 e. The van der Waals surface area contributed by atoms with E-state index >= 15 is 0 Å². The lowest BCUT2D eigenvalue weighted by Crippen LogP contribution is -2.51. The Balaban J connectivity index is 1.78. The molecule has 1 spiro atoms. The standard InChI is InChI=1S/C30H20INO9/c1-3-4-5-6-11-9-13-16(29(40)32-11)26(37)21-12(22(13)31)7-8-30(21)27(38)19-20(28(30)39)25(36)18-17(24(19)35)14(33)10-15(41-2)23(18)34/h3-6,9-10,37-39H,7-8H2,1-2H3,(H,32,40)/b4-3+,6-5+/t30-/m0/s1. The van der Waals surface area contributed by atoms with Crippen LogP contribution in [0.3, 0.4) is 0 Å². The fourth-order valence-electron chi connectivity index (χ4n) is 6.17. The Morgan fingerprint density at radius 3 is 2.22 bits per heavy atom. The normalized spacial score (nSPS) is 18.0. The molecule has 4 aliphatic carbocycles. The highest BCUT2D eigenvalue weighted by Gasteiger charge is 2.53. The van der Waals surface area contributed by atoms with Crippen molar-refractivity contribution in [3.05, 3.63) is 123 Å². The number of ether oxygens (including phenoxy) is 1. The van der Waals surface area contributed by atoms with Gasteiger partial charge in [-0.2, -0.15) is 0 Å². The third kappa shape index (κ3) is 3.26. The summed E-state index contributed by atoms with van der Waals surface area (Å²) in [5, 5.41) is 32.3. The van der Waals surface area contributed by atoms with Crippen LogP contribution >= 0.6 is 22.6 Å². The first-order valence-electron chi connectivity index (χ1n) is 12.5. The third-order valence-corrected chi connectivity index (χ3v) is 9.19. The maximum absolute atomic E-state index is 13.6. The van der Waals surface area contributed by atoms with E-state index in [9.17, 15) is 39.3 Å². The van der Waals surface area contributed by atoms with Crippen molar-refractivity contribution in [3.63, 3.8) is 0 Å². The van der Waals surface area contributed by atoms with Crippen LogP contribution in [0.2, 0.25) is 0 Å². The number of fused-ring (bicyclic) bond motifs is 4. The molecule has 10 nitrogen and oxygen atoms in total. The van der Waals surface area contributed by atoms with Crippen molar-refractivity contribution < 1.29 is 20.1 Å². The molecular weight excluding hydrogens is 645 g/mol. The van der Waals surface area contributed by atoms with Crippen LogP contribution in [0.4, 0.5) is 0 Å². The van der Waals surface area contributed by atoms with Crippen LogP contribution in [0, 0.1) is 14.0 Å². The topological polar surface area (TPSA) is 171 Å². The highest BCUT2D eigenvalue weighted by Crippen LogP contribution is 2.55. The Bertz CT molecular complexity index is 2410. The second-order valence-electron chi connectivity index (χ2n) is 9.91. The van der Waals surface area contributed by atoms with E-state index in [1.54, 1.807) is 24.3 Å². The van der Waals surface area contributed by atoms with Crippen molar-refractivity contribution in [3.8, 4) is 11.5 Å². The summed E-state index contributed by atoms with van der Waals surface area (Å²) in [6.07, 6.45) is 7.17. The van der Waals surface area contributed by atoms with Crippen molar-refractivity contribution in [1.82, 2.24) is 4.98 Å². The average Bonchev–Trinajstić information content (AvgIpc) is 3.45. The second kappa shape index (κ2) is 8.99. The molecule has 0 aliphatic heterocycles. The third-order valence-electron chi connectivity index (χ3n) is 7.96. The second-order valence-corrected chi connectivity index (χ2v) is 11.0. The molecule has 1 aromatic carbocycles. The Morgan fingerprint density at radius 1 is 0.927 bits per heavy atom. The number of halogens is 1. The van der Waals surface area contributed by atoms with Gasteiger partial charge in [0.25, 0.3) is 5.56 Å². The molecule has 0 unspecified atom stereocenters. The van der Waals surface area contributed by atoms with Crippen LogP contribution in [-0.4, -0.2) is 27.4 Å². The average molecular weight is 665 g/mol. The number of aliphatic hydroxyl groups is 2. The fraction of sp³-hybridized carbons (Fsp3) is 0.167. The molecule has 1 heterocycles. The van der Waals surface area contributed by atoms with Gasteiger partial charge < -0.3 is 25.0 Å². The van der Waals surface area contributed by atoms with Crippen LogP contribution in [0.15, 0.2) is 54.3 Å². The summed E-state index contributed by atoms with van der Waals surface area (Å²) in [6.45, 7) is 1.85. The molecule has 206 valence electrons. The van der Waals surface area contributed by atoms with E-state index in [0.717, 1.165) is 13.2 Å². The van der Waals surface area contributed by atoms with Crippen LogP contribution in [0.5, 0.6) is 11.5 Å². The van der Waals surface area contributed by atoms with Crippen molar-refractivity contribution in [2.75, 3.05) is 7.11 Å². The van der Waals surface area contributed by atoms with Gasteiger partial charge in [0.05, 0.1) is 33.4 Å². The highest BCUT2D eigenvalue weighted by atomic mass is 127. The summed E-state index contributed by atoms with van der Waals surface area (Å²) in [5.41, 5.74) is -5.76. The van der Waals surface area contributed by atoms with Gasteiger partial charge in [-0.1, -0.05) is 18.2 Å². The number of methoxy groups -OCH3 is 1. The zero-order valence-corrected chi connectivity index (χ0v) is 23.7. The molecule has 1 atom stereocenters. The van der Waals surface area contributed by atoms with Gasteiger partial charge in [-0.15, -0.1) is 0 Å². The van der Waals surface area contributed by atoms with E-state index in [1.165, 1.54) is 0 Å². The lowest BCUT2D eigenvalue weighted by molar-refractivity contribution is 0.362. The number of aromatic amines is 1. The van der Waals surface area contributed by atoms with Crippen molar-refractivity contribution in [2.45, 2.75) is 25.2 Å². The number of hydrogen-bond donors (Lipinski definition) is 4. The summed E-state index contributed by atoms with van der Waals surface area (Å²) >= 11 is 2.02. The number of pyridine rings is 1. The van der Waals surface area contributed by atoms with E-state index in [0.29, 0.717) is 20.2 Å². The first kappa shape index (κ1) is 26.7. The molecule has 6 rings (SSSR count). The van der Waals surface area contributed by atoms with Gasteiger partial charge in [-0.05, 0) is 60.1 Å². The van der Waals surface area contributed by atoms with Gasteiger partial charge in [-0.25, -0.2) is 0 Å². The maximum atomic E-state index is 13.6. The first-order valence-corrected chi connectivity index (χ1v) is 13.5. The number of aliphatic hydroxyl groups excluding tert-OH is 2. The molecule has 0 radical (unpaired) electrons. The van der Waals surface area contributed by atoms with E-state index in [2.05, 4.69) is 4.98 Å². The predicted octanol–water partition coefficient (Wildman–Crippen LogP) is 0.708. The molecule has 4 N–H and O–H groups in total. The molecule has 4 aliphatic rings. The zero-order chi connectivity index (χ0) is 29.5. The van der Waals surface area contributed by atoms with Gasteiger partial charge >= 0.3 is 0 Å². The van der Waals surface area contributed by atoms with Crippen molar-refractivity contribution in [2.24, 2.45) is 0 Å². The van der Waals surface area contributed by atoms with Crippen LogP contribution < -0.4 is 42.4 Å². The summed E-state index contributed by atoms with van der Waals surface area (Å²) in [4.78, 5) is 68.8. The number of allylic oxidation sites excluding steroid dienone is 3. The zero-order valence-electron chi connectivity index (χ0n) is 21.5. The number of phenolic OH excluding ortho intramolecular Hbond substituents is 1. The van der Waals surface area contributed by atoms with Gasteiger partial charge in [0.15, 0.2) is 11.2 Å². The molecule has 0 saturated heterocycles. The molecule has 0 amide bonds. The summed E-state index contributed by atoms with van der Waals surface area (Å²) < 4.78 is 5.48. The summed E-state index contributed by atoms with van der Waals surface area (Å²) in [6, 6.07) is 2.49. The Labute approximate surface area is 242 Å².